The van der Waals surface area contributed by atoms with Crippen molar-refractivity contribution in [1.29, 1.82) is 0 Å². The maximum absolute atomic E-state index is 11.9. The lowest BCUT2D eigenvalue weighted by atomic mass is 10.2. The highest BCUT2D eigenvalue weighted by Gasteiger charge is 2.38. The van der Waals surface area contributed by atoms with Crippen LogP contribution in [0.2, 0.25) is 0 Å². The van der Waals surface area contributed by atoms with E-state index in [-0.39, 0.29) is 18.1 Å². The van der Waals surface area contributed by atoms with Gasteiger partial charge in [0.2, 0.25) is 0 Å². The molecule has 0 atom stereocenters. The van der Waals surface area contributed by atoms with E-state index in [1.54, 1.807) is 29.2 Å². The smallest absolute Gasteiger partial charge is 0.350 e. The van der Waals surface area contributed by atoms with Crippen LogP contribution in [0, 0.1) is 0 Å². The highest BCUT2D eigenvalue weighted by Crippen LogP contribution is 2.23. The lowest BCUT2D eigenvalue weighted by molar-refractivity contribution is -0.222. The van der Waals surface area contributed by atoms with Gasteiger partial charge in [-0.05, 0) is 24.3 Å². The molecule has 2 aliphatic heterocycles. The fraction of sp³-hybridized carbons (Fsp3) is 0.353. The van der Waals surface area contributed by atoms with Crippen LogP contribution < -0.4 is 10.2 Å². The van der Waals surface area contributed by atoms with E-state index in [1.807, 2.05) is 0 Å². The van der Waals surface area contributed by atoms with Crippen molar-refractivity contribution >= 4 is 29.2 Å². The number of morpholine rings is 1. The predicted molar refractivity (Wildman–Crippen MR) is 87.6 cm³/mol. The van der Waals surface area contributed by atoms with E-state index in [0.717, 1.165) is 5.69 Å². The third-order valence-corrected chi connectivity index (χ3v) is 3.66. The minimum absolute atomic E-state index is 0.0761. The molecule has 2 saturated heterocycles. The number of nitrogens with zero attached hydrogens (tertiary/aromatic N) is 1. The van der Waals surface area contributed by atoms with Crippen LogP contribution in [0.5, 0.6) is 0 Å². The standard InChI is InChI=1S/C17H18N2O6/c1-17(2)24-15(21)13(16(22)25-17)9-18-11-3-5-12(6-4-11)19-7-8-23-10-14(19)20/h3-6,9,18H,7-8,10H2,1-2H3. The molecule has 25 heavy (non-hydrogen) atoms. The van der Waals surface area contributed by atoms with Gasteiger partial charge in [-0.25, -0.2) is 9.59 Å². The van der Waals surface area contributed by atoms with Gasteiger partial charge in [-0.15, -0.1) is 0 Å². The third-order valence-electron chi connectivity index (χ3n) is 3.66. The number of ether oxygens (including phenoxy) is 3. The minimum Gasteiger partial charge on any atom is -0.419 e. The number of cyclic esters (lactones) is 2. The van der Waals surface area contributed by atoms with Crippen LogP contribution in [0.25, 0.3) is 0 Å². The first-order valence-corrected chi connectivity index (χ1v) is 7.77. The Bertz CT molecular complexity index is 716. The Morgan fingerprint density at radius 2 is 1.72 bits per heavy atom. The van der Waals surface area contributed by atoms with Gasteiger partial charge in [0, 0.05) is 38.0 Å². The zero-order chi connectivity index (χ0) is 18.0. The number of carbonyl (C=O) groups is 3. The van der Waals surface area contributed by atoms with Crippen LogP contribution in [0.4, 0.5) is 11.4 Å². The number of amides is 1. The molecule has 8 heteroatoms. The topological polar surface area (TPSA) is 94.2 Å². The Balaban J connectivity index is 1.68. The van der Waals surface area contributed by atoms with Crippen LogP contribution in [-0.4, -0.2) is 43.4 Å². The number of carbonyl (C=O) groups excluding carboxylic acids is 3. The van der Waals surface area contributed by atoms with Crippen molar-refractivity contribution in [1.82, 2.24) is 0 Å². The van der Waals surface area contributed by atoms with Gasteiger partial charge in [0.25, 0.3) is 11.7 Å². The van der Waals surface area contributed by atoms with E-state index in [1.165, 1.54) is 20.0 Å². The van der Waals surface area contributed by atoms with Crippen LogP contribution in [-0.2, 0) is 28.6 Å². The van der Waals surface area contributed by atoms with Crippen LogP contribution in [0.15, 0.2) is 36.0 Å². The molecule has 0 radical (unpaired) electrons. The monoisotopic (exact) mass is 346 g/mol. The largest absolute Gasteiger partial charge is 0.419 e. The van der Waals surface area contributed by atoms with Crippen molar-refractivity contribution in [3.63, 3.8) is 0 Å². The van der Waals surface area contributed by atoms with Crippen molar-refractivity contribution < 1.29 is 28.6 Å². The zero-order valence-electron chi connectivity index (χ0n) is 13.9. The first-order valence-electron chi connectivity index (χ1n) is 7.77. The highest BCUT2D eigenvalue weighted by molar-refractivity contribution is 6.15. The SMILES string of the molecule is CC1(C)OC(=O)C(=CNc2ccc(N3CCOCC3=O)cc2)C(=O)O1. The summed E-state index contributed by atoms with van der Waals surface area (Å²) < 4.78 is 15.1. The molecule has 3 rings (SSSR count). The molecule has 2 heterocycles. The summed E-state index contributed by atoms with van der Waals surface area (Å²) in [6.45, 7) is 4.05. The van der Waals surface area contributed by atoms with Gasteiger partial charge in [0.15, 0.2) is 5.57 Å². The van der Waals surface area contributed by atoms with Gasteiger partial charge in [-0.3, -0.25) is 4.79 Å². The van der Waals surface area contributed by atoms with E-state index in [9.17, 15) is 14.4 Å². The second kappa shape index (κ2) is 6.56. The lowest BCUT2D eigenvalue weighted by Gasteiger charge is -2.29. The summed E-state index contributed by atoms with van der Waals surface area (Å²) in [4.78, 5) is 37.2. The van der Waals surface area contributed by atoms with Gasteiger partial charge in [-0.1, -0.05) is 0 Å². The molecule has 2 fully saturated rings. The minimum atomic E-state index is -1.27. The third kappa shape index (κ3) is 3.80. The Morgan fingerprint density at radius 3 is 2.32 bits per heavy atom. The number of benzene rings is 1. The summed E-state index contributed by atoms with van der Waals surface area (Å²) in [5.74, 6) is -2.85. The van der Waals surface area contributed by atoms with Gasteiger partial charge in [0.1, 0.15) is 6.61 Å². The Kier molecular flexibility index (Phi) is 4.45. The molecule has 0 aromatic heterocycles. The normalized spacial score (nSPS) is 20.0. The van der Waals surface area contributed by atoms with Gasteiger partial charge >= 0.3 is 11.9 Å². The Hall–Kier alpha value is -2.87. The summed E-state index contributed by atoms with van der Waals surface area (Å²) in [6, 6.07) is 7.01. The number of hydrogen-bond acceptors (Lipinski definition) is 7. The first kappa shape index (κ1) is 17.0. The molecule has 0 bridgehead atoms. The maximum Gasteiger partial charge on any atom is 0.350 e. The van der Waals surface area contributed by atoms with E-state index in [2.05, 4.69) is 5.32 Å². The molecule has 132 valence electrons. The molecule has 2 aliphatic rings. The summed E-state index contributed by atoms with van der Waals surface area (Å²) in [5.41, 5.74) is 1.18. The molecule has 0 saturated carbocycles. The second-order valence-electron chi connectivity index (χ2n) is 6.03. The van der Waals surface area contributed by atoms with Crippen LogP contribution in [0.3, 0.4) is 0 Å². The lowest BCUT2D eigenvalue weighted by Crippen LogP contribution is -2.42. The predicted octanol–water partition coefficient (Wildman–Crippen LogP) is 1.18. The number of esters is 2. The summed E-state index contributed by atoms with van der Waals surface area (Å²) in [7, 11) is 0. The van der Waals surface area contributed by atoms with Crippen molar-refractivity contribution in [2.45, 2.75) is 19.6 Å². The number of nitrogens with one attached hydrogen (secondary N) is 1. The van der Waals surface area contributed by atoms with Crippen molar-refractivity contribution in [2.24, 2.45) is 0 Å². The van der Waals surface area contributed by atoms with E-state index in [4.69, 9.17) is 14.2 Å². The highest BCUT2D eigenvalue weighted by atomic mass is 16.7. The Labute approximate surface area is 144 Å². The molecule has 0 unspecified atom stereocenters. The van der Waals surface area contributed by atoms with E-state index >= 15 is 0 Å². The van der Waals surface area contributed by atoms with E-state index in [0.29, 0.717) is 18.8 Å². The fourth-order valence-corrected chi connectivity index (χ4v) is 2.46. The van der Waals surface area contributed by atoms with Crippen molar-refractivity contribution in [2.75, 3.05) is 30.0 Å². The van der Waals surface area contributed by atoms with E-state index < -0.39 is 17.7 Å². The molecule has 0 aliphatic carbocycles. The van der Waals surface area contributed by atoms with Crippen molar-refractivity contribution in [3.05, 3.63) is 36.0 Å². The average Bonchev–Trinajstić information content (AvgIpc) is 2.54. The summed E-state index contributed by atoms with van der Waals surface area (Å²) >= 11 is 0. The van der Waals surface area contributed by atoms with Crippen LogP contribution in [0.1, 0.15) is 13.8 Å². The fourth-order valence-electron chi connectivity index (χ4n) is 2.46. The van der Waals surface area contributed by atoms with Gasteiger partial charge in [0.05, 0.1) is 6.61 Å². The molecular formula is C17H18N2O6. The molecule has 1 aromatic rings. The number of hydrogen-bond donors (Lipinski definition) is 1. The second-order valence-corrected chi connectivity index (χ2v) is 6.03. The maximum atomic E-state index is 11.9. The first-order chi connectivity index (χ1) is 11.9. The molecule has 1 amide bonds. The molecule has 0 spiro atoms. The summed E-state index contributed by atoms with van der Waals surface area (Å²) in [5, 5.41) is 2.85. The molecule has 1 aromatic carbocycles. The number of anilines is 2. The Morgan fingerprint density at radius 1 is 1.08 bits per heavy atom. The quantitative estimate of drug-likeness (QED) is 0.499. The molecule has 1 N–H and O–H groups in total. The molecular weight excluding hydrogens is 328 g/mol. The molecule has 8 nitrogen and oxygen atoms in total. The summed E-state index contributed by atoms with van der Waals surface area (Å²) in [6.07, 6.45) is 1.24. The zero-order valence-corrected chi connectivity index (χ0v) is 13.9. The van der Waals surface area contributed by atoms with Gasteiger partial charge in [-0.2, -0.15) is 0 Å². The average molecular weight is 346 g/mol. The van der Waals surface area contributed by atoms with Gasteiger partial charge < -0.3 is 24.4 Å². The number of rotatable bonds is 3. The van der Waals surface area contributed by atoms with Crippen LogP contribution >= 0.6 is 0 Å². The van der Waals surface area contributed by atoms with Crippen molar-refractivity contribution in [3.8, 4) is 0 Å².